The number of aliphatic hydroxyl groups excluding tert-OH is 2. The molecule has 2 fully saturated rings. The van der Waals surface area contributed by atoms with E-state index in [2.05, 4.69) is 23.5 Å². The maximum absolute atomic E-state index is 9.53. The number of thioether (sulfide) groups is 2. The zero-order valence-corrected chi connectivity index (χ0v) is 15.9. The number of aliphatic hydroxyl groups is 2. The molecule has 4 aliphatic carbocycles. The lowest BCUT2D eigenvalue weighted by Gasteiger charge is -2.27. The molecule has 24 heavy (non-hydrogen) atoms. The van der Waals surface area contributed by atoms with Gasteiger partial charge in [0, 0.05) is 13.2 Å². The molecule has 1 aliphatic heterocycles. The lowest BCUT2D eigenvalue weighted by atomic mass is 10.1. The Bertz CT molecular complexity index is 500. The van der Waals surface area contributed by atoms with Crippen LogP contribution in [0.4, 0.5) is 0 Å². The third kappa shape index (κ3) is 2.72. The Hall–Kier alpha value is 0.1000. The van der Waals surface area contributed by atoms with Crippen LogP contribution < -0.4 is 0 Å². The van der Waals surface area contributed by atoms with Gasteiger partial charge < -0.3 is 10.2 Å². The predicted octanol–water partition coefficient (Wildman–Crippen LogP) is 4.75. The van der Waals surface area contributed by atoms with Crippen LogP contribution >= 0.6 is 23.5 Å². The van der Waals surface area contributed by atoms with E-state index in [0.717, 1.165) is 23.7 Å². The molecule has 0 spiro atoms. The van der Waals surface area contributed by atoms with Gasteiger partial charge in [-0.15, -0.1) is 0 Å². The fraction of sp³-hybridized carbons (Fsp3) is 0.800. The van der Waals surface area contributed by atoms with E-state index in [1.807, 2.05) is 0 Å². The van der Waals surface area contributed by atoms with Gasteiger partial charge in [-0.3, -0.25) is 0 Å². The van der Waals surface area contributed by atoms with Crippen LogP contribution in [-0.4, -0.2) is 23.4 Å². The molecule has 2 N–H and O–H groups in total. The number of fused-ring (bicyclic) bond motifs is 2. The van der Waals surface area contributed by atoms with Crippen LogP contribution in [0.5, 0.6) is 0 Å². The second-order valence-electron chi connectivity index (χ2n) is 8.40. The molecule has 1 heterocycles. The average Bonchev–Trinajstić information content (AvgIpc) is 3.44. The van der Waals surface area contributed by atoms with E-state index in [1.165, 1.54) is 51.4 Å². The van der Waals surface area contributed by atoms with Gasteiger partial charge >= 0.3 is 0 Å². The molecule has 0 saturated heterocycles. The summed E-state index contributed by atoms with van der Waals surface area (Å²) < 4.78 is 0. The molecule has 0 bridgehead atoms. The highest BCUT2D eigenvalue weighted by Crippen LogP contribution is 2.61. The summed E-state index contributed by atoms with van der Waals surface area (Å²) in [5.74, 6) is 4.44. The molecule has 0 radical (unpaired) electrons. The molecule has 0 aromatic rings. The van der Waals surface area contributed by atoms with E-state index >= 15 is 0 Å². The Labute approximate surface area is 153 Å². The van der Waals surface area contributed by atoms with Crippen molar-refractivity contribution < 1.29 is 10.2 Å². The van der Waals surface area contributed by atoms with Crippen molar-refractivity contribution in [2.75, 3.05) is 13.2 Å². The zero-order chi connectivity index (χ0) is 16.3. The minimum Gasteiger partial charge on any atom is -0.396 e. The number of hydrogen-bond donors (Lipinski definition) is 2. The minimum atomic E-state index is 0.407. The molecule has 0 aromatic carbocycles. The molecular formula is C20H28O2S2. The van der Waals surface area contributed by atoms with Crippen molar-refractivity contribution >= 4 is 23.5 Å². The van der Waals surface area contributed by atoms with Crippen LogP contribution in [0.3, 0.4) is 0 Å². The van der Waals surface area contributed by atoms with Gasteiger partial charge in [0.1, 0.15) is 0 Å². The molecule has 2 unspecified atom stereocenters. The first-order valence-electron chi connectivity index (χ1n) is 9.81. The molecule has 2 saturated carbocycles. The minimum absolute atomic E-state index is 0.407. The van der Waals surface area contributed by atoms with Gasteiger partial charge in [-0.25, -0.2) is 0 Å². The largest absolute Gasteiger partial charge is 0.396 e. The zero-order valence-electron chi connectivity index (χ0n) is 14.2. The van der Waals surface area contributed by atoms with Gasteiger partial charge in [0.15, 0.2) is 0 Å². The summed E-state index contributed by atoms with van der Waals surface area (Å²) in [7, 11) is 0. The third-order valence-corrected chi connectivity index (χ3v) is 10.4. The van der Waals surface area contributed by atoms with Crippen LogP contribution in [0.25, 0.3) is 0 Å². The average molecular weight is 365 g/mol. The summed E-state index contributed by atoms with van der Waals surface area (Å²) in [5.41, 5.74) is 0. The molecular weight excluding hydrogens is 336 g/mol. The first-order valence-corrected chi connectivity index (χ1v) is 11.4. The fourth-order valence-electron chi connectivity index (χ4n) is 5.78. The predicted molar refractivity (Wildman–Crippen MR) is 101 cm³/mol. The van der Waals surface area contributed by atoms with Crippen LogP contribution in [0.2, 0.25) is 0 Å². The fourth-order valence-corrected chi connectivity index (χ4v) is 8.62. The van der Waals surface area contributed by atoms with Crippen LogP contribution in [0.1, 0.15) is 51.4 Å². The second kappa shape index (κ2) is 6.37. The van der Waals surface area contributed by atoms with Gasteiger partial charge in [-0.05, 0) is 106 Å². The Morgan fingerprint density at radius 1 is 0.583 bits per heavy atom. The van der Waals surface area contributed by atoms with E-state index in [0.29, 0.717) is 25.0 Å². The Kier molecular flexibility index (Phi) is 4.32. The highest BCUT2D eigenvalue weighted by Gasteiger charge is 2.50. The summed E-state index contributed by atoms with van der Waals surface area (Å²) in [6.45, 7) is 0.813. The summed E-state index contributed by atoms with van der Waals surface area (Å²) in [5, 5.41) is 19.1. The summed E-state index contributed by atoms with van der Waals surface area (Å²) in [4.78, 5) is 6.64. The first-order chi connectivity index (χ1) is 11.8. The van der Waals surface area contributed by atoms with Gasteiger partial charge in [0.25, 0.3) is 0 Å². The van der Waals surface area contributed by atoms with Crippen molar-refractivity contribution in [1.29, 1.82) is 0 Å². The maximum atomic E-state index is 9.53. The molecule has 0 amide bonds. The van der Waals surface area contributed by atoms with Crippen molar-refractivity contribution in [3.05, 3.63) is 19.6 Å². The van der Waals surface area contributed by atoms with Crippen molar-refractivity contribution in [2.24, 2.45) is 35.5 Å². The summed E-state index contributed by atoms with van der Waals surface area (Å²) in [6.07, 6.45) is 10.1. The van der Waals surface area contributed by atoms with E-state index < -0.39 is 0 Å². The topological polar surface area (TPSA) is 40.5 Å². The summed E-state index contributed by atoms with van der Waals surface area (Å²) >= 11 is 4.23. The Balaban J connectivity index is 1.28. The van der Waals surface area contributed by atoms with E-state index in [1.54, 1.807) is 19.6 Å². The highest BCUT2D eigenvalue weighted by molar-refractivity contribution is 8.13. The molecule has 4 heteroatoms. The SMILES string of the molecule is OCC1[C@H]2CCC3=C(CC[C@@H]12)SC1=C(CC[C@@H]2C(CO)[C@@H]2CC1)S3. The smallest absolute Gasteiger partial charge is 0.0464 e. The molecule has 5 aliphatic rings. The molecule has 2 nitrogen and oxygen atoms in total. The maximum Gasteiger partial charge on any atom is 0.0464 e. The van der Waals surface area contributed by atoms with Crippen molar-refractivity contribution in [3.63, 3.8) is 0 Å². The number of rotatable bonds is 2. The van der Waals surface area contributed by atoms with Gasteiger partial charge in [-0.1, -0.05) is 23.5 Å². The number of hydrogen-bond acceptors (Lipinski definition) is 4. The van der Waals surface area contributed by atoms with Crippen molar-refractivity contribution in [2.45, 2.75) is 51.4 Å². The third-order valence-electron chi connectivity index (χ3n) is 7.37. The molecule has 6 atom stereocenters. The molecule has 5 rings (SSSR count). The highest BCUT2D eigenvalue weighted by atomic mass is 32.2. The van der Waals surface area contributed by atoms with E-state index in [4.69, 9.17) is 0 Å². The van der Waals surface area contributed by atoms with Crippen molar-refractivity contribution in [1.82, 2.24) is 0 Å². The van der Waals surface area contributed by atoms with E-state index in [-0.39, 0.29) is 0 Å². The Morgan fingerprint density at radius 2 is 0.875 bits per heavy atom. The Morgan fingerprint density at radius 3 is 1.12 bits per heavy atom. The number of allylic oxidation sites excluding steroid dienone is 4. The standard InChI is InChI=1S/C20H28O2S2/c21-9-15-11-1-5-17-18(6-2-12(11)15)24-20-8-4-14-13(16(14)10-22)3-7-19(20)23-17/h11-16,21-22H,1-10H2/t11-,12+,13-,14+,15?,16?. The monoisotopic (exact) mass is 364 g/mol. The second-order valence-corrected chi connectivity index (χ2v) is 10.8. The molecule has 0 aromatic heterocycles. The lowest BCUT2D eigenvalue weighted by Crippen LogP contribution is -2.03. The summed E-state index contributed by atoms with van der Waals surface area (Å²) in [6, 6.07) is 0. The van der Waals surface area contributed by atoms with Gasteiger partial charge in [0.05, 0.1) is 0 Å². The van der Waals surface area contributed by atoms with Gasteiger partial charge in [-0.2, -0.15) is 0 Å². The normalized spacial score (nSPS) is 44.2. The van der Waals surface area contributed by atoms with Crippen LogP contribution in [-0.2, 0) is 0 Å². The lowest BCUT2D eigenvalue weighted by molar-refractivity contribution is 0.262. The van der Waals surface area contributed by atoms with Crippen LogP contribution in [0.15, 0.2) is 19.6 Å². The van der Waals surface area contributed by atoms with E-state index in [9.17, 15) is 10.2 Å². The quantitative estimate of drug-likeness (QED) is 0.742. The van der Waals surface area contributed by atoms with Gasteiger partial charge in [0.2, 0.25) is 0 Å². The first kappa shape index (κ1) is 16.3. The van der Waals surface area contributed by atoms with Crippen LogP contribution in [0, 0.1) is 35.5 Å². The van der Waals surface area contributed by atoms with Crippen molar-refractivity contribution in [3.8, 4) is 0 Å². The molecule has 132 valence electrons.